The average Bonchev–Trinajstić information content (AvgIpc) is 2.45. The van der Waals surface area contributed by atoms with Gasteiger partial charge in [-0.1, -0.05) is 0 Å². The van der Waals surface area contributed by atoms with Crippen LogP contribution in [-0.2, 0) is 18.9 Å². The molecule has 0 aliphatic rings. The predicted molar refractivity (Wildman–Crippen MR) is 83.4 cm³/mol. The molecule has 2 aromatic rings. The van der Waals surface area contributed by atoms with E-state index >= 15 is 0 Å². The molecule has 0 N–H and O–H groups in total. The highest BCUT2D eigenvalue weighted by Gasteiger charge is 2.16. The number of nitrogens with zero attached hydrogens (tertiary/aromatic N) is 1. The van der Waals surface area contributed by atoms with Crippen molar-refractivity contribution in [2.24, 2.45) is 0 Å². The van der Waals surface area contributed by atoms with E-state index in [1.54, 1.807) is 0 Å². The fourth-order valence-corrected chi connectivity index (χ4v) is 3.24. The number of hydrogen-bond acceptors (Lipinski definition) is 5. The van der Waals surface area contributed by atoms with Gasteiger partial charge >= 0.3 is 0 Å². The largest absolute Gasteiger partial charge is 0.261 e. The molecule has 2 aromatic carbocycles. The van der Waals surface area contributed by atoms with Crippen LogP contribution < -0.4 is 0 Å². The Bertz CT molecular complexity index is 1030. The van der Waals surface area contributed by atoms with Gasteiger partial charge in [0.15, 0.2) is 9.84 Å². The van der Waals surface area contributed by atoms with E-state index in [0.717, 1.165) is 0 Å². The third kappa shape index (κ3) is 6.62. The highest BCUT2D eigenvalue weighted by Crippen LogP contribution is 2.17. The van der Waals surface area contributed by atoms with E-state index in [9.17, 15) is 34.4 Å². The quantitative estimate of drug-likeness (QED) is 0.552. The van der Waals surface area contributed by atoms with Gasteiger partial charge in [0.2, 0.25) is 0 Å². The topological polar surface area (TPSA) is 92.1 Å². The van der Waals surface area contributed by atoms with E-state index in [0.29, 0.717) is 36.4 Å². The van der Waals surface area contributed by atoms with Gasteiger partial charge in [-0.05, 0) is 24.3 Å². The van der Waals surface area contributed by atoms with Crippen LogP contribution in [-0.4, -0.2) is 22.6 Å². The maximum absolute atomic E-state index is 12.6. The monoisotopic (exact) mass is 429 g/mol. The first-order valence-electron chi connectivity index (χ1n) is 6.32. The maximum Gasteiger partial charge on any atom is 0.261 e. The molecule has 0 fully saturated rings. The normalized spacial score (nSPS) is 11.2. The molecule has 0 saturated carbocycles. The molecule has 0 unspecified atom stereocenters. The zero-order valence-corrected chi connectivity index (χ0v) is 14.8. The standard InChI is InChI=1S/C8H5F2NO2S.C6H3ClF2O2S/c9-6-3-7(10)5-8(4-6)14(12,13)2-1-11;7-12(10,11)6-2-4(8)1-5(9)3-6/h3-5H,2H2;1-3H. The Morgan fingerprint density at radius 1 is 0.769 bits per heavy atom. The van der Waals surface area contributed by atoms with Gasteiger partial charge in [-0.3, -0.25) is 0 Å². The van der Waals surface area contributed by atoms with Crippen molar-refractivity contribution in [1.29, 1.82) is 5.26 Å². The second-order valence-electron chi connectivity index (χ2n) is 4.57. The van der Waals surface area contributed by atoms with E-state index in [1.165, 1.54) is 6.07 Å². The van der Waals surface area contributed by atoms with Gasteiger partial charge in [-0.2, -0.15) is 5.26 Å². The molecular weight excluding hydrogens is 422 g/mol. The Hall–Kier alpha value is -2.16. The highest BCUT2D eigenvalue weighted by molar-refractivity contribution is 8.13. The Morgan fingerprint density at radius 3 is 1.42 bits per heavy atom. The zero-order valence-electron chi connectivity index (χ0n) is 12.5. The molecule has 0 atom stereocenters. The molecular formula is C14H8ClF4NO4S2. The molecule has 0 amide bonds. The van der Waals surface area contributed by atoms with Crippen molar-refractivity contribution in [1.82, 2.24) is 0 Å². The molecule has 0 heterocycles. The number of nitriles is 1. The molecule has 0 aliphatic carbocycles. The second kappa shape index (κ2) is 8.48. The van der Waals surface area contributed by atoms with E-state index in [2.05, 4.69) is 0 Å². The van der Waals surface area contributed by atoms with Crippen LogP contribution in [0.4, 0.5) is 17.6 Å². The second-order valence-corrected chi connectivity index (χ2v) is 9.12. The van der Waals surface area contributed by atoms with Crippen LogP contribution in [0.15, 0.2) is 46.2 Å². The van der Waals surface area contributed by atoms with Gasteiger partial charge in [0, 0.05) is 22.8 Å². The predicted octanol–water partition coefficient (Wildman–Crippen LogP) is 3.15. The van der Waals surface area contributed by atoms with E-state index in [1.807, 2.05) is 0 Å². The third-order valence-electron chi connectivity index (χ3n) is 2.57. The van der Waals surface area contributed by atoms with Crippen molar-refractivity contribution in [2.45, 2.75) is 9.79 Å². The summed E-state index contributed by atoms with van der Waals surface area (Å²) >= 11 is 0. The zero-order chi connectivity index (χ0) is 20.1. The molecule has 0 radical (unpaired) electrons. The van der Waals surface area contributed by atoms with Crippen LogP contribution >= 0.6 is 10.7 Å². The Kier molecular flexibility index (Phi) is 7.14. The number of rotatable bonds is 3. The van der Waals surface area contributed by atoms with Crippen molar-refractivity contribution in [3.8, 4) is 6.07 Å². The summed E-state index contributed by atoms with van der Waals surface area (Å²) in [6.07, 6.45) is 0. The summed E-state index contributed by atoms with van der Waals surface area (Å²) in [5.74, 6) is -4.72. The smallest absolute Gasteiger partial charge is 0.223 e. The number of hydrogen-bond donors (Lipinski definition) is 0. The van der Waals surface area contributed by atoms with Crippen LogP contribution in [0, 0.1) is 34.6 Å². The molecule has 26 heavy (non-hydrogen) atoms. The number of halogens is 5. The van der Waals surface area contributed by atoms with Gasteiger partial charge < -0.3 is 0 Å². The summed E-state index contributed by atoms with van der Waals surface area (Å²) in [6, 6.07) is 5.18. The Labute approximate surface area is 150 Å². The van der Waals surface area contributed by atoms with Gasteiger partial charge in [0.1, 0.15) is 29.0 Å². The molecule has 2 rings (SSSR count). The van der Waals surface area contributed by atoms with Crippen molar-refractivity contribution in [3.63, 3.8) is 0 Å². The first kappa shape index (κ1) is 21.9. The lowest BCUT2D eigenvalue weighted by Gasteiger charge is -1.99. The van der Waals surface area contributed by atoms with E-state index in [-0.39, 0.29) is 0 Å². The van der Waals surface area contributed by atoms with Gasteiger partial charge in [0.25, 0.3) is 9.05 Å². The van der Waals surface area contributed by atoms with Gasteiger partial charge in [-0.25, -0.2) is 34.4 Å². The summed E-state index contributed by atoms with van der Waals surface area (Å²) in [5, 5.41) is 8.19. The highest BCUT2D eigenvalue weighted by atomic mass is 35.7. The minimum absolute atomic E-state index is 0.517. The van der Waals surface area contributed by atoms with Crippen molar-refractivity contribution < 1.29 is 34.4 Å². The van der Waals surface area contributed by atoms with Crippen LogP contribution in [0.3, 0.4) is 0 Å². The van der Waals surface area contributed by atoms with Crippen molar-refractivity contribution >= 4 is 29.6 Å². The van der Waals surface area contributed by atoms with E-state index < -0.39 is 57.7 Å². The lowest BCUT2D eigenvalue weighted by atomic mass is 10.3. The van der Waals surface area contributed by atoms with Crippen molar-refractivity contribution in [3.05, 3.63) is 59.7 Å². The number of sulfone groups is 1. The minimum Gasteiger partial charge on any atom is -0.223 e. The molecule has 5 nitrogen and oxygen atoms in total. The van der Waals surface area contributed by atoms with Crippen LogP contribution in [0.1, 0.15) is 0 Å². The Balaban J connectivity index is 0.000000263. The summed E-state index contributed by atoms with van der Waals surface area (Å²) in [5.41, 5.74) is 0. The minimum atomic E-state index is -4.06. The molecule has 0 bridgehead atoms. The lowest BCUT2D eigenvalue weighted by molar-refractivity contribution is 0.568. The SMILES string of the molecule is N#CCS(=O)(=O)c1cc(F)cc(F)c1.O=S(=O)(Cl)c1cc(F)cc(F)c1. The number of benzene rings is 2. The molecule has 12 heteroatoms. The lowest BCUT2D eigenvalue weighted by Crippen LogP contribution is -2.05. The van der Waals surface area contributed by atoms with Gasteiger partial charge in [0.05, 0.1) is 15.9 Å². The summed E-state index contributed by atoms with van der Waals surface area (Å²) in [4.78, 5) is -1.10. The average molecular weight is 430 g/mol. The molecule has 0 saturated heterocycles. The molecule has 140 valence electrons. The first-order valence-corrected chi connectivity index (χ1v) is 10.3. The molecule has 0 aromatic heterocycles. The van der Waals surface area contributed by atoms with Gasteiger partial charge in [-0.15, -0.1) is 0 Å². The van der Waals surface area contributed by atoms with Crippen LogP contribution in [0.25, 0.3) is 0 Å². The summed E-state index contributed by atoms with van der Waals surface area (Å²) in [6.45, 7) is 0. The fourth-order valence-electron chi connectivity index (χ4n) is 1.55. The molecule has 0 aliphatic heterocycles. The first-order chi connectivity index (χ1) is 11.8. The third-order valence-corrected chi connectivity index (χ3v) is 5.36. The summed E-state index contributed by atoms with van der Waals surface area (Å²) in [7, 11) is -3.11. The van der Waals surface area contributed by atoms with Crippen molar-refractivity contribution in [2.75, 3.05) is 5.75 Å². The van der Waals surface area contributed by atoms with Crippen LogP contribution in [0.2, 0.25) is 0 Å². The van der Waals surface area contributed by atoms with Crippen LogP contribution in [0.5, 0.6) is 0 Å². The fraction of sp³-hybridized carbons (Fsp3) is 0.0714. The maximum atomic E-state index is 12.6. The van der Waals surface area contributed by atoms with E-state index in [4.69, 9.17) is 15.9 Å². The summed E-state index contributed by atoms with van der Waals surface area (Å²) < 4.78 is 93.5. The molecule has 0 spiro atoms. The Morgan fingerprint density at radius 2 is 1.12 bits per heavy atom.